The van der Waals surface area contributed by atoms with Crippen molar-refractivity contribution < 1.29 is 0 Å². The fourth-order valence-corrected chi connectivity index (χ4v) is 1.88. The molecule has 0 amide bonds. The van der Waals surface area contributed by atoms with Crippen molar-refractivity contribution in [3.8, 4) is 0 Å². The van der Waals surface area contributed by atoms with Gasteiger partial charge in [-0.05, 0) is 18.1 Å². The van der Waals surface area contributed by atoms with Gasteiger partial charge in [-0.3, -0.25) is 4.98 Å². The third-order valence-electron chi connectivity index (χ3n) is 2.76. The number of nitrogen functional groups attached to an aromatic ring is 1. The fourth-order valence-electron chi connectivity index (χ4n) is 1.88. The summed E-state index contributed by atoms with van der Waals surface area (Å²) >= 11 is 0. The fraction of sp³-hybridized carbons (Fsp3) is 0.308. The number of nitrogens with one attached hydrogen (secondary N) is 2. The number of nitrogens with zero attached hydrogens (tertiary/aromatic N) is 3. The molecule has 6 heteroatoms. The topological polar surface area (TPSA) is 88.8 Å². The highest BCUT2D eigenvalue weighted by Gasteiger charge is 2.14. The maximum Gasteiger partial charge on any atom is 0.148 e. The number of rotatable bonds is 5. The van der Waals surface area contributed by atoms with Gasteiger partial charge in [-0.25, -0.2) is 15.8 Å². The Morgan fingerprint density at radius 2 is 1.95 bits per heavy atom. The van der Waals surface area contributed by atoms with E-state index in [1.807, 2.05) is 18.2 Å². The molecule has 19 heavy (non-hydrogen) atoms. The summed E-state index contributed by atoms with van der Waals surface area (Å²) in [5, 5.41) is 3.28. The summed E-state index contributed by atoms with van der Waals surface area (Å²) in [5.41, 5.74) is 4.54. The first kappa shape index (κ1) is 13.2. The summed E-state index contributed by atoms with van der Waals surface area (Å²) in [6.07, 6.45) is 3.26. The van der Waals surface area contributed by atoms with E-state index in [-0.39, 0.29) is 5.92 Å². The van der Waals surface area contributed by atoms with Crippen LogP contribution in [0.4, 0.5) is 11.6 Å². The van der Waals surface area contributed by atoms with Crippen molar-refractivity contribution in [1.82, 2.24) is 15.0 Å². The van der Waals surface area contributed by atoms with Gasteiger partial charge < -0.3 is 10.7 Å². The quantitative estimate of drug-likeness (QED) is 0.560. The molecule has 0 aliphatic heterocycles. The molecule has 0 aliphatic carbocycles. The SMILES string of the molecule is CC(C)c1c(NN)ncnc1NCc1ccccn1. The number of anilines is 2. The molecule has 0 atom stereocenters. The molecule has 0 radical (unpaired) electrons. The van der Waals surface area contributed by atoms with Crippen LogP contribution in [0.1, 0.15) is 31.0 Å². The average Bonchev–Trinajstić information content (AvgIpc) is 2.45. The third-order valence-corrected chi connectivity index (χ3v) is 2.76. The number of hydrogen-bond donors (Lipinski definition) is 3. The van der Waals surface area contributed by atoms with Crippen molar-refractivity contribution in [3.05, 3.63) is 42.0 Å². The Balaban J connectivity index is 2.20. The second-order valence-corrected chi connectivity index (χ2v) is 4.46. The Labute approximate surface area is 112 Å². The lowest BCUT2D eigenvalue weighted by atomic mass is 10.0. The van der Waals surface area contributed by atoms with E-state index in [9.17, 15) is 0 Å². The first-order valence-electron chi connectivity index (χ1n) is 6.17. The zero-order chi connectivity index (χ0) is 13.7. The Morgan fingerprint density at radius 3 is 2.58 bits per heavy atom. The zero-order valence-electron chi connectivity index (χ0n) is 11.1. The molecular weight excluding hydrogens is 240 g/mol. The van der Waals surface area contributed by atoms with E-state index in [0.717, 1.165) is 17.1 Å². The molecule has 0 aliphatic rings. The Hall–Kier alpha value is -2.21. The van der Waals surface area contributed by atoms with Gasteiger partial charge in [0.25, 0.3) is 0 Å². The molecule has 0 fully saturated rings. The highest BCUT2D eigenvalue weighted by atomic mass is 15.3. The van der Waals surface area contributed by atoms with Gasteiger partial charge in [-0.15, -0.1) is 0 Å². The van der Waals surface area contributed by atoms with E-state index in [0.29, 0.717) is 12.4 Å². The summed E-state index contributed by atoms with van der Waals surface area (Å²) in [6, 6.07) is 5.82. The van der Waals surface area contributed by atoms with Crippen LogP contribution in [0.15, 0.2) is 30.7 Å². The standard InChI is InChI=1S/C13H18N6/c1-9(2)11-12(17-8-18-13(11)19-14)16-7-10-5-3-4-6-15-10/h3-6,8-9H,7,14H2,1-2H3,(H2,16,17,18,19). The third kappa shape index (κ3) is 3.17. The number of hydrazine groups is 1. The van der Waals surface area contributed by atoms with E-state index in [1.54, 1.807) is 6.20 Å². The first-order valence-corrected chi connectivity index (χ1v) is 6.17. The maximum absolute atomic E-state index is 5.48. The van der Waals surface area contributed by atoms with Crippen molar-refractivity contribution in [2.24, 2.45) is 5.84 Å². The van der Waals surface area contributed by atoms with Gasteiger partial charge in [0, 0.05) is 11.8 Å². The number of nitrogens with two attached hydrogens (primary N) is 1. The van der Waals surface area contributed by atoms with Crippen molar-refractivity contribution in [2.75, 3.05) is 10.7 Å². The average molecular weight is 258 g/mol. The largest absolute Gasteiger partial charge is 0.364 e. The highest BCUT2D eigenvalue weighted by Crippen LogP contribution is 2.27. The monoisotopic (exact) mass is 258 g/mol. The molecule has 0 unspecified atom stereocenters. The second kappa shape index (κ2) is 6.10. The molecule has 0 aromatic carbocycles. The van der Waals surface area contributed by atoms with E-state index >= 15 is 0 Å². The van der Waals surface area contributed by atoms with Gasteiger partial charge in [0.05, 0.1) is 12.2 Å². The van der Waals surface area contributed by atoms with Crippen molar-refractivity contribution in [1.29, 1.82) is 0 Å². The lowest BCUT2D eigenvalue weighted by Gasteiger charge is -2.16. The second-order valence-electron chi connectivity index (χ2n) is 4.46. The zero-order valence-corrected chi connectivity index (χ0v) is 11.1. The Bertz CT molecular complexity index is 526. The molecule has 0 saturated heterocycles. The van der Waals surface area contributed by atoms with Gasteiger partial charge in [0.1, 0.15) is 18.0 Å². The molecule has 0 saturated carbocycles. The predicted octanol–water partition coefficient (Wildman–Crippen LogP) is 1.89. The van der Waals surface area contributed by atoms with Crippen molar-refractivity contribution >= 4 is 11.6 Å². The number of pyridine rings is 1. The molecule has 2 rings (SSSR count). The number of aromatic nitrogens is 3. The van der Waals surface area contributed by atoms with Crippen LogP contribution < -0.4 is 16.6 Å². The summed E-state index contributed by atoms with van der Waals surface area (Å²) < 4.78 is 0. The Kier molecular flexibility index (Phi) is 4.25. The van der Waals surface area contributed by atoms with Crippen LogP contribution in [0.3, 0.4) is 0 Å². The van der Waals surface area contributed by atoms with Gasteiger partial charge in [-0.2, -0.15) is 0 Å². The van der Waals surface area contributed by atoms with Gasteiger partial charge in [-0.1, -0.05) is 19.9 Å². The molecule has 2 heterocycles. The summed E-state index contributed by atoms with van der Waals surface area (Å²) in [4.78, 5) is 12.7. The van der Waals surface area contributed by atoms with Crippen LogP contribution in [-0.4, -0.2) is 15.0 Å². The summed E-state index contributed by atoms with van der Waals surface area (Å²) in [6.45, 7) is 4.76. The van der Waals surface area contributed by atoms with Crippen LogP contribution in [0.5, 0.6) is 0 Å². The molecule has 2 aromatic heterocycles. The van der Waals surface area contributed by atoms with Crippen LogP contribution in [0.2, 0.25) is 0 Å². The minimum absolute atomic E-state index is 0.262. The van der Waals surface area contributed by atoms with Crippen LogP contribution in [0, 0.1) is 0 Å². The van der Waals surface area contributed by atoms with Gasteiger partial charge in [0.2, 0.25) is 0 Å². The predicted molar refractivity (Wildman–Crippen MR) is 75.5 cm³/mol. The molecule has 100 valence electrons. The molecule has 4 N–H and O–H groups in total. The highest BCUT2D eigenvalue weighted by molar-refractivity contribution is 5.58. The van der Waals surface area contributed by atoms with Gasteiger partial charge in [0.15, 0.2) is 0 Å². The van der Waals surface area contributed by atoms with Crippen LogP contribution in [0.25, 0.3) is 0 Å². The lowest BCUT2D eigenvalue weighted by Crippen LogP contribution is -2.15. The molecule has 0 bridgehead atoms. The normalized spacial score (nSPS) is 10.5. The Morgan fingerprint density at radius 1 is 1.16 bits per heavy atom. The van der Waals surface area contributed by atoms with E-state index < -0.39 is 0 Å². The molecule has 2 aromatic rings. The van der Waals surface area contributed by atoms with Crippen LogP contribution in [-0.2, 0) is 6.54 Å². The smallest absolute Gasteiger partial charge is 0.148 e. The summed E-state index contributed by atoms with van der Waals surface area (Å²) in [5.74, 6) is 7.17. The number of hydrogen-bond acceptors (Lipinski definition) is 6. The molecule has 0 spiro atoms. The van der Waals surface area contributed by atoms with E-state index in [4.69, 9.17) is 5.84 Å². The first-order chi connectivity index (χ1) is 9.22. The molecular formula is C13H18N6. The van der Waals surface area contributed by atoms with E-state index in [1.165, 1.54) is 6.33 Å². The maximum atomic E-state index is 5.48. The van der Waals surface area contributed by atoms with E-state index in [2.05, 4.69) is 39.5 Å². The minimum atomic E-state index is 0.262. The lowest BCUT2D eigenvalue weighted by molar-refractivity contribution is 0.843. The van der Waals surface area contributed by atoms with Gasteiger partial charge >= 0.3 is 0 Å². The van der Waals surface area contributed by atoms with Crippen LogP contribution >= 0.6 is 0 Å². The minimum Gasteiger partial charge on any atom is -0.364 e. The molecule has 6 nitrogen and oxygen atoms in total. The van der Waals surface area contributed by atoms with Crippen molar-refractivity contribution in [2.45, 2.75) is 26.3 Å². The summed E-state index contributed by atoms with van der Waals surface area (Å²) in [7, 11) is 0. The van der Waals surface area contributed by atoms with Crippen molar-refractivity contribution in [3.63, 3.8) is 0 Å².